The predicted molar refractivity (Wildman–Crippen MR) is 89.1 cm³/mol. The van der Waals surface area contributed by atoms with Crippen LogP contribution in [0.2, 0.25) is 5.02 Å². The zero-order valence-electron chi connectivity index (χ0n) is 11.8. The molecule has 2 aromatic rings. The van der Waals surface area contributed by atoms with E-state index in [-0.39, 0.29) is 6.04 Å². The molecule has 1 unspecified atom stereocenters. The number of rotatable bonds is 4. The maximum Gasteiger partial charge on any atom is 0.185 e. The van der Waals surface area contributed by atoms with Gasteiger partial charge in [0, 0.05) is 55.4 Å². The lowest BCUT2D eigenvalue weighted by Gasteiger charge is -2.39. The number of halogens is 1. The summed E-state index contributed by atoms with van der Waals surface area (Å²) in [5, 5.41) is 3.91. The van der Waals surface area contributed by atoms with Gasteiger partial charge in [-0.2, -0.15) is 0 Å². The van der Waals surface area contributed by atoms with Gasteiger partial charge in [-0.25, -0.2) is 4.98 Å². The van der Waals surface area contributed by atoms with Gasteiger partial charge in [-0.1, -0.05) is 23.7 Å². The van der Waals surface area contributed by atoms with Gasteiger partial charge >= 0.3 is 0 Å². The average molecular weight is 323 g/mol. The normalized spacial score (nSPS) is 17.9. The van der Waals surface area contributed by atoms with Gasteiger partial charge in [-0.3, -0.25) is 4.90 Å². The smallest absolute Gasteiger partial charge is 0.185 e. The van der Waals surface area contributed by atoms with E-state index in [1.165, 1.54) is 5.56 Å². The summed E-state index contributed by atoms with van der Waals surface area (Å²) in [6, 6.07) is 8.29. The third-order valence-corrected chi connectivity index (χ3v) is 5.01. The van der Waals surface area contributed by atoms with Crippen molar-refractivity contribution in [1.82, 2.24) is 9.88 Å². The van der Waals surface area contributed by atoms with Crippen molar-refractivity contribution in [2.24, 2.45) is 5.73 Å². The van der Waals surface area contributed by atoms with E-state index < -0.39 is 0 Å². The van der Waals surface area contributed by atoms with E-state index in [1.807, 2.05) is 23.7 Å². The molecule has 0 saturated carbocycles. The third kappa shape index (κ3) is 3.37. The third-order valence-electron chi connectivity index (χ3n) is 3.92. The van der Waals surface area contributed by atoms with Crippen molar-refractivity contribution >= 4 is 28.1 Å². The van der Waals surface area contributed by atoms with Crippen LogP contribution in [0.4, 0.5) is 5.13 Å². The van der Waals surface area contributed by atoms with Crippen molar-refractivity contribution in [3.8, 4) is 0 Å². The molecule has 6 heteroatoms. The van der Waals surface area contributed by atoms with Crippen molar-refractivity contribution in [3.63, 3.8) is 0 Å². The van der Waals surface area contributed by atoms with Gasteiger partial charge in [0.15, 0.2) is 5.13 Å². The summed E-state index contributed by atoms with van der Waals surface area (Å²) in [7, 11) is 0. The standard InChI is InChI=1S/C15H19ClN4S/c16-13-3-1-12(2-4-13)14(11-17)19-6-8-20(9-7-19)15-18-5-10-21-15/h1-5,10,14H,6-9,11,17H2. The molecule has 0 spiro atoms. The Morgan fingerprint density at radius 2 is 1.90 bits per heavy atom. The molecule has 1 aliphatic rings. The molecule has 1 fully saturated rings. The second-order valence-electron chi connectivity index (χ2n) is 5.14. The topological polar surface area (TPSA) is 45.4 Å². The maximum atomic E-state index is 6.00. The van der Waals surface area contributed by atoms with Gasteiger partial charge in [0.25, 0.3) is 0 Å². The van der Waals surface area contributed by atoms with Gasteiger partial charge in [0.2, 0.25) is 0 Å². The summed E-state index contributed by atoms with van der Waals surface area (Å²) in [5.41, 5.74) is 7.24. The molecule has 21 heavy (non-hydrogen) atoms. The van der Waals surface area contributed by atoms with Crippen molar-refractivity contribution in [1.29, 1.82) is 0 Å². The van der Waals surface area contributed by atoms with E-state index in [1.54, 1.807) is 11.3 Å². The van der Waals surface area contributed by atoms with Crippen molar-refractivity contribution in [2.45, 2.75) is 6.04 Å². The Labute approximate surface area is 134 Å². The SMILES string of the molecule is NCC(c1ccc(Cl)cc1)N1CCN(c2nccs2)CC1. The van der Waals surface area contributed by atoms with Crippen LogP contribution in [-0.4, -0.2) is 42.6 Å². The largest absolute Gasteiger partial charge is 0.346 e. The van der Waals surface area contributed by atoms with E-state index >= 15 is 0 Å². The van der Waals surface area contributed by atoms with Crippen molar-refractivity contribution in [2.75, 3.05) is 37.6 Å². The zero-order valence-corrected chi connectivity index (χ0v) is 13.4. The van der Waals surface area contributed by atoms with Gasteiger partial charge in [0.1, 0.15) is 0 Å². The van der Waals surface area contributed by atoms with E-state index in [0.29, 0.717) is 6.54 Å². The first-order valence-electron chi connectivity index (χ1n) is 7.12. The minimum atomic E-state index is 0.265. The van der Waals surface area contributed by atoms with Crippen LogP contribution in [0.1, 0.15) is 11.6 Å². The highest BCUT2D eigenvalue weighted by atomic mass is 35.5. The summed E-state index contributed by atoms with van der Waals surface area (Å²) >= 11 is 7.66. The summed E-state index contributed by atoms with van der Waals surface area (Å²) in [4.78, 5) is 9.18. The lowest BCUT2D eigenvalue weighted by molar-refractivity contribution is 0.190. The van der Waals surface area contributed by atoms with Gasteiger partial charge < -0.3 is 10.6 Å². The molecule has 2 N–H and O–H groups in total. The lowest BCUT2D eigenvalue weighted by Crippen LogP contribution is -2.49. The molecule has 2 heterocycles. The number of benzene rings is 1. The molecule has 3 rings (SSSR count). The lowest BCUT2D eigenvalue weighted by atomic mass is 10.0. The van der Waals surface area contributed by atoms with E-state index in [2.05, 4.69) is 26.9 Å². The van der Waals surface area contributed by atoms with Crippen LogP contribution in [0, 0.1) is 0 Å². The Morgan fingerprint density at radius 3 is 2.48 bits per heavy atom. The van der Waals surface area contributed by atoms with Crippen LogP contribution in [0.15, 0.2) is 35.8 Å². The number of thiazole rings is 1. The Morgan fingerprint density at radius 1 is 1.19 bits per heavy atom. The number of nitrogens with two attached hydrogens (primary N) is 1. The summed E-state index contributed by atoms with van der Waals surface area (Å²) in [6.07, 6.45) is 1.86. The minimum absolute atomic E-state index is 0.265. The van der Waals surface area contributed by atoms with E-state index in [0.717, 1.165) is 36.3 Å². The average Bonchev–Trinajstić information content (AvgIpc) is 3.05. The van der Waals surface area contributed by atoms with E-state index in [4.69, 9.17) is 17.3 Å². The Balaban J connectivity index is 1.65. The number of hydrogen-bond donors (Lipinski definition) is 1. The quantitative estimate of drug-likeness (QED) is 0.940. The molecule has 1 aliphatic heterocycles. The van der Waals surface area contributed by atoms with Crippen LogP contribution in [0.5, 0.6) is 0 Å². The zero-order chi connectivity index (χ0) is 14.7. The summed E-state index contributed by atoms with van der Waals surface area (Å²) < 4.78 is 0. The highest BCUT2D eigenvalue weighted by molar-refractivity contribution is 7.13. The summed E-state index contributed by atoms with van der Waals surface area (Å²) in [5.74, 6) is 0. The van der Waals surface area contributed by atoms with Crippen LogP contribution < -0.4 is 10.6 Å². The second kappa shape index (κ2) is 6.75. The van der Waals surface area contributed by atoms with Gasteiger partial charge in [-0.05, 0) is 17.7 Å². The minimum Gasteiger partial charge on any atom is -0.346 e. The first kappa shape index (κ1) is 14.8. The number of aromatic nitrogens is 1. The number of anilines is 1. The Kier molecular flexibility index (Phi) is 4.75. The molecule has 1 atom stereocenters. The molecule has 1 aromatic carbocycles. The van der Waals surface area contributed by atoms with Crippen molar-refractivity contribution in [3.05, 3.63) is 46.4 Å². The van der Waals surface area contributed by atoms with Crippen LogP contribution in [0.25, 0.3) is 0 Å². The number of hydrogen-bond acceptors (Lipinski definition) is 5. The molecular weight excluding hydrogens is 304 g/mol. The molecular formula is C15H19ClN4S. The second-order valence-corrected chi connectivity index (χ2v) is 6.45. The number of nitrogens with zero attached hydrogens (tertiary/aromatic N) is 3. The van der Waals surface area contributed by atoms with Crippen LogP contribution in [-0.2, 0) is 0 Å². The van der Waals surface area contributed by atoms with E-state index in [9.17, 15) is 0 Å². The highest BCUT2D eigenvalue weighted by Gasteiger charge is 2.24. The van der Waals surface area contributed by atoms with Gasteiger partial charge in [0.05, 0.1) is 0 Å². The highest BCUT2D eigenvalue weighted by Crippen LogP contribution is 2.25. The first-order chi connectivity index (χ1) is 10.3. The molecule has 0 bridgehead atoms. The molecule has 112 valence electrons. The molecule has 0 amide bonds. The summed E-state index contributed by atoms with van der Waals surface area (Å²) in [6.45, 7) is 4.63. The fraction of sp³-hybridized carbons (Fsp3) is 0.400. The Bertz CT molecular complexity index is 550. The monoisotopic (exact) mass is 322 g/mol. The Hall–Kier alpha value is -1.14. The molecule has 1 aromatic heterocycles. The maximum absolute atomic E-state index is 6.00. The number of piperazine rings is 1. The fourth-order valence-corrected chi connectivity index (χ4v) is 3.60. The molecule has 0 aliphatic carbocycles. The predicted octanol–water partition coefficient (Wildman–Crippen LogP) is 2.62. The first-order valence-corrected chi connectivity index (χ1v) is 8.37. The van der Waals surface area contributed by atoms with Gasteiger partial charge in [-0.15, -0.1) is 11.3 Å². The molecule has 4 nitrogen and oxygen atoms in total. The van der Waals surface area contributed by atoms with Crippen LogP contribution >= 0.6 is 22.9 Å². The van der Waals surface area contributed by atoms with Crippen molar-refractivity contribution < 1.29 is 0 Å². The molecule has 1 saturated heterocycles. The molecule has 0 radical (unpaired) electrons. The fourth-order valence-electron chi connectivity index (χ4n) is 2.78. The van der Waals surface area contributed by atoms with Crippen LogP contribution in [0.3, 0.4) is 0 Å².